The van der Waals surface area contributed by atoms with Gasteiger partial charge >= 0.3 is 0 Å². The molecular weight excluding hydrogens is 180 g/mol. The van der Waals surface area contributed by atoms with E-state index in [1.54, 1.807) is 0 Å². The van der Waals surface area contributed by atoms with Gasteiger partial charge in [0.05, 0.1) is 0 Å². The van der Waals surface area contributed by atoms with E-state index < -0.39 is 0 Å². The molecule has 1 aliphatic carbocycles. The molecule has 0 aliphatic heterocycles. The van der Waals surface area contributed by atoms with Gasteiger partial charge in [-0.2, -0.15) is 11.8 Å². The molecule has 0 saturated heterocycles. The molecule has 1 unspecified atom stereocenters. The van der Waals surface area contributed by atoms with Gasteiger partial charge in [0, 0.05) is 6.61 Å². The Hall–Kier alpha value is 0.310. The van der Waals surface area contributed by atoms with E-state index in [1.165, 1.54) is 44.3 Å². The smallest absolute Gasteiger partial charge is 0.0461 e. The van der Waals surface area contributed by atoms with E-state index in [4.69, 9.17) is 0 Å². The molecule has 0 aromatic heterocycles. The lowest BCUT2D eigenvalue weighted by molar-refractivity contribution is 0.167. The van der Waals surface area contributed by atoms with Gasteiger partial charge in [0.15, 0.2) is 0 Å². The maximum atomic E-state index is 9.28. The maximum Gasteiger partial charge on any atom is 0.0461 e. The van der Waals surface area contributed by atoms with Crippen LogP contribution in [-0.2, 0) is 0 Å². The Kier molecular flexibility index (Phi) is 5.88. The molecule has 1 aliphatic rings. The zero-order valence-corrected chi connectivity index (χ0v) is 9.48. The highest BCUT2D eigenvalue weighted by Crippen LogP contribution is 2.33. The van der Waals surface area contributed by atoms with E-state index in [1.807, 2.05) is 11.8 Å². The predicted molar refractivity (Wildman–Crippen MR) is 60.1 cm³/mol. The zero-order chi connectivity index (χ0) is 9.52. The second kappa shape index (κ2) is 6.72. The van der Waals surface area contributed by atoms with Crippen LogP contribution in [0.2, 0.25) is 0 Å². The van der Waals surface area contributed by atoms with Gasteiger partial charge in [-0.05, 0) is 36.7 Å². The average Bonchev–Trinajstić information content (AvgIpc) is 2.65. The third-order valence-corrected chi connectivity index (χ3v) is 3.92. The molecule has 78 valence electrons. The minimum Gasteiger partial charge on any atom is -0.396 e. The first-order chi connectivity index (χ1) is 6.38. The largest absolute Gasteiger partial charge is 0.396 e. The van der Waals surface area contributed by atoms with Crippen LogP contribution >= 0.6 is 11.8 Å². The molecule has 0 heterocycles. The number of aliphatic hydroxyl groups excluding tert-OH is 1. The van der Waals surface area contributed by atoms with Crippen molar-refractivity contribution in [1.82, 2.24) is 0 Å². The van der Waals surface area contributed by atoms with Crippen molar-refractivity contribution in [3.63, 3.8) is 0 Å². The lowest BCUT2D eigenvalue weighted by atomic mass is 9.88. The van der Waals surface area contributed by atoms with Crippen molar-refractivity contribution in [3.8, 4) is 0 Å². The molecule has 1 fully saturated rings. The first-order valence-electron chi connectivity index (χ1n) is 5.48. The molecule has 0 radical (unpaired) electrons. The van der Waals surface area contributed by atoms with Gasteiger partial charge in [-0.15, -0.1) is 0 Å². The molecule has 1 saturated carbocycles. The second-order valence-corrected chi connectivity index (χ2v) is 5.11. The lowest BCUT2D eigenvalue weighted by Gasteiger charge is -2.20. The summed E-state index contributed by atoms with van der Waals surface area (Å²) < 4.78 is 0. The summed E-state index contributed by atoms with van der Waals surface area (Å²) in [5.74, 6) is 2.70. The highest BCUT2D eigenvalue weighted by atomic mass is 32.2. The quantitative estimate of drug-likeness (QED) is 0.668. The molecule has 0 amide bonds. The van der Waals surface area contributed by atoms with Crippen molar-refractivity contribution in [1.29, 1.82) is 0 Å². The lowest BCUT2D eigenvalue weighted by Crippen LogP contribution is -2.16. The van der Waals surface area contributed by atoms with Gasteiger partial charge < -0.3 is 5.11 Å². The molecule has 0 spiro atoms. The molecule has 1 rings (SSSR count). The van der Waals surface area contributed by atoms with Gasteiger partial charge in [-0.1, -0.05) is 25.7 Å². The number of hydrogen-bond donors (Lipinski definition) is 1. The van der Waals surface area contributed by atoms with Crippen LogP contribution in [-0.4, -0.2) is 23.7 Å². The molecule has 13 heavy (non-hydrogen) atoms. The van der Waals surface area contributed by atoms with E-state index in [9.17, 15) is 5.11 Å². The SMILES string of the molecule is CSCCCC(CO)C1CCCC1. The number of rotatable bonds is 6. The van der Waals surface area contributed by atoms with Crippen LogP contribution < -0.4 is 0 Å². The summed E-state index contributed by atoms with van der Waals surface area (Å²) in [6, 6.07) is 0. The number of aliphatic hydroxyl groups is 1. The minimum absolute atomic E-state index is 0.416. The zero-order valence-electron chi connectivity index (χ0n) is 8.67. The molecule has 1 N–H and O–H groups in total. The third kappa shape index (κ3) is 3.90. The van der Waals surface area contributed by atoms with Crippen LogP contribution in [0, 0.1) is 11.8 Å². The van der Waals surface area contributed by atoms with E-state index in [0.717, 1.165) is 5.92 Å². The van der Waals surface area contributed by atoms with Crippen molar-refractivity contribution < 1.29 is 5.11 Å². The van der Waals surface area contributed by atoms with E-state index in [0.29, 0.717) is 12.5 Å². The van der Waals surface area contributed by atoms with Crippen LogP contribution in [0.15, 0.2) is 0 Å². The summed E-state index contributed by atoms with van der Waals surface area (Å²) in [6.45, 7) is 0.416. The van der Waals surface area contributed by atoms with Gasteiger partial charge in [-0.3, -0.25) is 0 Å². The summed E-state index contributed by atoms with van der Waals surface area (Å²) in [7, 11) is 0. The summed E-state index contributed by atoms with van der Waals surface area (Å²) >= 11 is 1.92. The first-order valence-corrected chi connectivity index (χ1v) is 6.87. The Balaban J connectivity index is 2.16. The Morgan fingerprint density at radius 3 is 2.62 bits per heavy atom. The van der Waals surface area contributed by atoms with Gasteiger partial charge in [0.1, 0.15) is 0 Å². The van der Waals surface area contributed by atoms with Crippen molar-refractivity contribution >= 4 is 11.8 Å². The van der Waals surface area contributed by atoms with Gasteiger partial charge in [0.2, 0.25) is 0 Å². The number of thioether (sulfide) groups is 1. The Labute approximate surface area is 86.3 Å². The Morgan fingerprint density at radius 2 is 2.08 bits per heavy atom. The van der Waals surface area contributed by atoms with Crippen LogP contribution in [0.25, 0.3) is 0 Å². The molecule has 0 aromatic rings. The second-order valence-electron chi connectivity index (χ2n) is 4.12. The maximum absolute atomic E-state index is 9.28. The molecular formula is C11H22OS. The summed E-state index contributed by atoms with van der Waals surface area (Å²) in [6.07, 6.45) is 10.2. The van der Waals surface area contributed by atoms with Crippen LogP contribution in [0.3, 0.4) is 0 Å². The third-order valence-electron chi connectivity index (χ3n) is 3.22. The fourth-order valence-electron chi connectivity index (χ4n) is 2.39. The van der Waals surface area contributed by atoms with Crippen molar-refractivity contribution in [2.24, 2.45) is 11.8 Å². The van der Waals surface area contributed by atoms with Crippen molar-refractivity contribution in [3.05, 3.63) is 0 Å². The van der Waals surface area contributed by atoms with Gasteiger partial charge in [0.25, 0.3) is 0 Å². The number of hydrogen-bond acceptors (Lipinski definition) is 2. The Bertz CT molecular complexity index is 121. The standard InChI is InChI=1S/C11H22OS/c1-13-8-4-7-11(9-12)10-5-2-3-6-10/h10-12H,2-9H2,1H3. The van der Waals surface area contributed by atoms with Crippen molar-refractivity contribution in [2.45, 2.75) is 38.5 Å². The van der Waals surface area contributed by atoms with E-state index in [-0.39, 0.29) is 0 Å². The minimum atomic E-state index is 0.416. The van der Waals surface area contributed by atoms with Crippen LogP contribution in [0.5, 0.6) is 0 Å². The monoisotopic (exact) mass is 202 g/mol. The summed E-state index contributed by atoms with van der Waals surface area (Å²) in [5.41, 5.74) is 0. The highest BCUT2D eigenvalue weighted by Gasteiger charge is 2.23. The fraction of sp³-hybridized carbons (Fsp3) is 1.00. The van der Waals surface area contributed by atoms with Crippen LogP contribution in [0.4, 0.5) is 0 Å². The Morgan fingerprint density at radius 1 is 1.38 bits per heavy atom. The topological polar surface area (TPSA) is 20.2 Å². The normalized spacial score (nSPS) is 20.8. The van der Waals surface area contributed by atoms with Gasteiger partial charge in [-0.25, -0.2) is 0 Å². The van der Waals surface area contributed by atoms with E-state index >= 15 is 0 Å². The summed E-state index contributed by atoms with van der Waals surface area (Å²) in [5, 5.41) is 9.28. The summed E-state index contributed by atoms with van der Waals surface area (Å²) in [4.78, 5) is 0. The fourth-order valence-corrected chi connectivity index (χ4v) is 2.85. The molecule has 2 heteroatoms. The first kappa shape index (κ1) is 11.4. The van der Waals surface area contributed by atoms with Crippen LogP contribution in [0.1, 0.15) is 38.5 Å². The molecule has 0 aromatic carbocycles. The van der Waals surface area contributed by atoms with Crippen molar-refractivity contribution in [2.75, 3.05) is 18.6 Å². The molecule has 0 bridgehead atoms. The average molecular weight is 202 g/mol. The van der Waals surface area contributed by atoms with E-state index in [2.05, 4.69) is 6.26 Å². The highest BCUT2D eigenvalue weighted by molar-refractivity contribution is 7.98. The molecule has 1 nitrogen and oxygen atoms in total. The predicted octanol–water partition coefficient (Wildman–Crippen LogP) is 2.93. The molecule has 1 atom stereocenters.